The van der Waals surface area contributed by atoms with E-state index in [4.69, 9.17) is 0 Å². The molecule has 0 spiro atoms. The van der Waals surface area contributed by atoms with Crippen LogP contribution in [0.25, 0.3) is 0 Å². The lowest BCUT2D eigenvalue weighted by atomic mass is 9.97. The Labute approximate surface area is 132 Å². The van der Waals surface area contributed by atoms with Crippen LogP contribution in [-0.4, -0.2) is 54.9 Å². The lowest BCUT2D eigenvalue weighted by Gasteiger charge is -2.36. The zero-order chi connectivity index (χ0) is 15.5. The maximum absolute atomic E-state index is 12.1. The molecule has 1 unspecified atom stereocenters. The number of ketones is 1. The van der Waals surface area contributed by atoms with Crippen molar-refractivity contribution in [2.75, 3.05) is 39.3 Å². The Morgan fingerprint density at radius 3 is 2.14 bits per heavy atom. The standard InChI is InChI=1S/C18H36N2O/c1-4-7-8-9-11-19-12-14-20(15-13-19)16-17(6-3)18(21)10-5-2/h17H,4-16H2,1-3H3. The summed E-state index contributed by atoms with van der Waals surface area (Å²) in [6.45, 7) is 13.4. The normalized spacial score (nSPS) is 18.8. The van der Waals surface area contributed by atoms with Gasteiger partial charge in [-0.2, -0.15) is 0 Å². The van der Waals surface area contributed by atoms with Gasteiger partial charge in [0.1, 0.15) is 5.78 Å². The monoisotopic (exact) mass is 296 g/mol. The van der Waals surface area contributed by atoms with Crippen LogP contribution in [0.1, 0.15) is 65.7 Å². The van der Waals surface area contributed by atoms with E-state index in [1.165, 1.54) is 45.3 Å². The van der Waals surface area contributed by atoms with Gasteiger partial charge in [-0.1, -0.05) is 40.0 Å². The zero-order valence-electron chi connectivity index (χ0n) is 14.6. The predicted octanol–water partition coefficient (Wildman–Crippen LogP) is 3.58. The largest absolute Gasteiger partial charge is 0.301 e. The van der Waals surface area contributed by atoms with Crippen LogP contribution < -0.4 is 0 Å². The maximum Gasteiger partial charge on any atom is 0.137 e. The molecule has 0 aromatic rings. The molecule has 1 saturated heterocycles. The summed E-state index contributed by atoms with van der Waals surface area (Å²) in [6, 6.07) is 0. The van der Waals surface area contributed by atoms with E-state index in [0.29, 0.717) is 5.78 Å². The molecule has 1 atom stereocenters. The highest BCUT2D eigenvalue weighted by molar-refractivity contribution is 5.81. The first-order valence-corrected chi connectivity index (χ1v) is 9.18. The van der Waals surface area contributed by atoms with Gasteiger partial charge < -0.3 is 9.80 Å². The van der Waals surface area contributed by atoms with Crippen LogP contribution in [0.15, 0.2) is 0 Å². The third-order valence-electron chi connectivity index (χ3n) is 4.72. The molecule has 0 aromatic heterocycles. The predicted molar refractivity (Wildman–Crippen MR) is 90.7 cm³/mol. The van der Waals surface area contributed by atoms with Gasteiger partial charge >= 0.3 is 0 Å². The quantitative estimate of drug-likeness (QED) is 0.545. The van der Waals surface area contributed by atoms with Crippen molar-refractivity contribution >= 4 is 5.78 Å². The molecule has 1 aliphatic heterocycles. The molecular weight excluding hydrogens is 260 g/mol. The van der Waals surface area contributed by atoms with Gasteiger partial charge in [-0.15, -0.1) is 0 Å². The van der Waals surface area contributed by atoms with E-state index in [0.717, 1.165) is 38.9 Å². The summed E-state index contributed by atoms with van der Waals surface area (Å²) in [5, 5.41) is 0. The fourth-order valence-electron chi connectivity index (χ4n) is 3.18. The van der Waals surface area contributed by atoms with Crippen LogP contribution in [0.4, 0.5) is 0 Å². The van der Waals surface area contributed by atoms with E-state index in [-0.39, 0.29) is 5.92 Å². The molecule has 21 heavy (non-hydrogen) atoms. The van der Waals surface area contributed by atoms with E-state index in [2.05, 4.69) is 30.6 Å². The SMILES string of the molecule is CCCCCCN1CCN(CC(CC)C(=O)CCC)CC1. The molecule has 1 rings (SSSR count). The molecule has 3 nitrogen and oxygen atoms in total. The Hall–Kier alpha value is -0.410. The molecule has 0 amide bonds. The van der Waals surface area contributed by atoms with Crippen LogP contribution in [0.3, 0.4) is 0 Å². The number of hydrogen-bond acceptors (Lipinski definition) is 3. The van der Waals surface area contributed by atoms with Gasteiger partial charge in [0.25, 0.3) is 0 Å². The molecule has 1 heterocycles. The Bertz CT molecular complexity index is 272. The number of carbonyl (C=O) groups is 1. The van der Waals surface area contributed by atoms with Gasteiger partial charge in [0, 0.05) is 45.1 Å². The third kappa shape index (κ3) is 7.42. The van der Waals surface area contributed by atoms with Crippen molar-refractivity contribution in [2.45, 2.75) is 65.7 Å². The minimum absolute atomic E-state index is 0.265. The fourth-order valence-corrected chi connectivity index (χ4v) is 3.18. The van der Waals surface area contributed by atoms with E-state index in [1.807, 2.05) is 0 Å². The van der Waals surface area contributed by atoms with E-state index in [9.17, 15) is 4.79 Å². The summed E-state index contributed by atoms with van der Waals surface area (Å²) < 4.78 is 0. The molecule has 0 radical (unpaired) electrons. The minimum atomic E-state index is 0.265. The van der Waals surface area contributed by atoms with Gasteiger partial charge in [-0.3, -0.25) is 4.79 Å². The Balaban J connectivity index is 2.21. The molecule has 0 aliphatic carbocycles. The van der Waals surface area contributed by atoms with E-state index in [1.54, 1.807) is 0 Å². The Morgan fingerprint density at radius 1 is 0.905 bits per heavy atom. The number of unbranched alkanes of at least 4 members (excludes halogenated alkanes) is 3. The maximum atomic E-state index is 12.1. The van der Waals surface area contributed by atoms with Crippen molar-refractivity contribution < 1.29 is 4.79 Å². The lowest BCUT2D eigenvalue weighted by Crippen LogP contribution is -2.48. The molecule has 124 valence electrons. The summed E-state index contributed by atoms with van der Waals surface area (Å²) in [7, 11) is 0. The van der Waals surface area contributed by atoms with Crippen LogP contribution >= 0.6 is 0 Å². The van der Waals surface area contributed by atoms with Crippen molar-refractivity contribution in [3.05, 3.63) is 0 Å². The average Bonchev–Trinajstić information content (AvgIpc) is 2.50. The zero-order valence-corrected chi connectivity index (χ0v) is 14.6. The number of Topliss-reactive ketones (excluding diaryl/α,β-unsaturated/α-hetero) is 1. The van der Waals surface area contributed by atoms with Crippen LogP contribution in [0.5, 0.6) is 0 Å². The second-order valence-corrected chi connectivity index (χ2v) is 6.52. The highest BCUT2D eigenvalue weighted by Crippen LogP contribution is 2.13. The van der Waals surface area contributed by atoms with Gasteiger partial charge in [0.05, 0.1) is 0 Å². The Kier molecular flexibility index (Phi) is 9.94. The van der Waals surface area contributed by atoms with Crippen LogP contribution in [0, 0.1) is 5.92 Å². The summed E-state index contributed by atoms with van der Waals surface area (Å²) in [5.74, 6) is 0.739. The topological polar surface area (TPSA) is 23.6 Å². The Morgan fingerprint density at radius 2 is 1.57 bits per heavy atom. The lowest BCUT2D eigenvalue weighted by molar-refractivity contribution is -0.123. The molecule has 0 N–H and O–H groups in total. The summed E-state index contributed by atoms with van der Waals surface area (Å²) in [6.07, 6.45) is 8.16. The summed E-state index contributed by atoms with van der Waals surface area (Å²) in [4.78, 5) is 17.2. The van der Waals surface area contributed by atoms with Gasteiger partial charge in [-0.05, 0) is 25.8 Å². The molecule has 0 saturated carbocycles. The number of piperazine rings is 1. The van der Waals surface area contributed by atoms with Crippen molar-refractivity contribution in [3.63, 3.8) is 0 Å². The molecular formula is C18H36N2O. The second kappa shape index (κ2) is 11.2. The molecule has 1 fully saturated rings. The van der Waals surface area contributed by atoms with Gasteiger partial charge in [0.2, 0.25) is 0 Å². The smallest absolute Gasteiger partial charge is 0.137 e. The van der Waals surface area contributed by atoms with Crippen molar-refractivity contribution in [2.24, 2.45) is 5.92 Å². The van der Waals surface area contributed by atoms with E-state index < -0.39 is 0 Å². The number of nitrogens with zero attached hydrogens (tertiary/aromatic N) is 2. The number of rotatable bonds is 11. The number of hydrogen-bond donors (Lipinski definition) is 0. The summed E-state index contributed by atoms with van der Waals surface area (Å²) in [5.41, 5.74) is 0. The molecule has 3 heteroatoms. The molecule has 0 bridgehead atoms. The molecule has 0 aromatic carbocycles. The van der Waals surface area contributed by atoms with Crippen molar-refractivity contribution in [3.8, 4) is 0 Å². The van der Waals surface area contributed by atoms with Crippen LogP contribution in [0.2, 0.25) is 0 Å². The van der Waals surface area contributed by atoms with E-state index >= 15 is 0 Å². The van der Waals surface area contributed by atoms with Gasteiger partial charge in [-0.25, -0.2) is 0 Å². The van der Waals surface area contributed by atoms with Gasteiger partial charge in [0.15, 0.2) is 0 Å². The second-order valence-electron chi connectivity index (χ2n) is 6.52. The van der Waals surface area contributed by atoms with Crippen molar-refractivity contribution in [1.82, 2.24) is 9.80 Å². The highest BCUT2D eigenvalue weighted by atomic mass is 16.1. The highest BCUT2D eigenvalue weighted by Gasteiger charge is 2.22. The first-order valence-electron chi connectivity index (χ1n) is 9.18. The van der Waals surface area contributed by atoms with Crippen molar-refractivity contribution in [1.29, 1.82) is 0 Å². The summed E-state index contributed by atoms with van der Waals surface area (Å²) >= 11 is 0. The fraction of sp³-hybridized carbons (Fsp3) is 0.944. The first-order chi connectivity index (χ1) is 10.2. The molecule has 1 aliphatic rings. The van der Waals surface area contributed by atoms with Crippen LogP contribution in [-0.2, 0) is 4.79 Å². The third-order valence-corrected chi connectivity index (χ3v) is 4.72. The average molecular weight is 296 g/mol. The first kappa shape index (κ1) is 18.6. The minimum Gasteiger partial charge on any atom is -0.301 e. The number of carbonyl (C=O) groups excluding carboxylic acids is 1.